The van der Waals surface area contributed by atoms with Crippen molar-refractivity contribution in [2.24, 2.45) is 0 Å². The quantitative estimate of drug-likeness (QED) is 0.567. The van der Waals surface area contributed by atoms with Crippen molar-refractivity contribution in [3.8, 4) is 5.75 Å². The van der Waals surface area contributed by atoms with Gasteiger partial charge in [-0.1, -0.05) is 19.6 Å². The van der Waals surface area contributed by atoms with Crippen LogP contribution in [0.15, 0.2) is 36.9 Å². The molecule has 4 nitrogen and oxygen atoms in total. The van der Waals surface area contributed by atoms with Gasteiger partial charge in [-0.2, -0.15) is 0 Å². The normalized spacial score (nSPS) is 9.32. The topological polar surface area (TPSA) is 50.4 Å². The van der Waals surface area contributed by atoms with E-state index in [0.29, 0.717) is 18.7 Å². The maximum Gasteiger partial charge on any atom is 0.251 e. The predicted octanol–water partition coefficient (Wildman–Crippen LogP) is 2.01. The van der Waals surface area contributed by atoms with Gasteiger partial charge in [0.25, 0.3) is 5.91 Å². The van der Waals surface area contributed by atoms with E-state index in [4.69, 9.17) is 4.74 Å². The van der Waals surface area contributed by atoms with Gasteiger partial charge in [0.1, 0.15) is 12.4 Å². The fraction of sp³-hybridized carbons (Fsp3) is 0.357. The van der Waals surface area contributed by atoms with Crippen LogP contribution in [0.3, 0.4) is 0 Å². The van der Waals surface area contributed by atoms with Crippen molar-refractivity contribution in [3.05, 3.63) is 42.5 Å². The van der Waals surface area contributed by atoms with E-state index >= 15 is 0 Å². The molecule has 0 aliphatic heterocycles. The highest BCUT2D eigenvalue weighted by Gasteiger charge is 2.04. The summed E-state index contributed by atoms with van der Waals surface area (Å²) in [4.78, 5) is 11.7. The minimum atomic E-state index is -0.0665. The van der Waals surface area contributed by atoms with Crippen LogP contribution in [0.1, 0.15) is 17.3 Å². The molecule has 0 heterocycles. The molecule has 1 aromatic rings. The Kier molecular flexibility index (Phi) is 9.57. The number of ether oxygens (including phenoxy) is 1. The molecular weight excluding hydrogens is 264 g/mol. The molecule has 0 aliphatic rings. The Hall–Kier alpha value is -1.52. The third-order valence-corrected chi connectivity index (χ3v) is 2.32. The SMILES string of the molecule is C=CCOc1ccc(C(=O)NCCNCC)cc1.Cl. The van der Waals surface area contributed by atoms with Crippen molar-refractivity contribution in [2.75, 3.05) is 26.2 Å². The second-order valence-electron chi connectivity index (χ2n) is 3.73. The molecule has 0 bridgehead atoms. The zero-order valence-corrected chi connectivity index (χ0v) is 12.0. The molecule has 1 aromatic carbocycles. The zero-order chi connectivity index (χ0) is 13.2. The van der Waals surface area contributed by atoms with Crippen molar-refractivity contribution >= 4 is 18.3 Å². The fourth-order valence-corrected chi connectivity index (χ4v) is 1.40. The van der Waals surface area contributed by atoms with Gasteiger partial charge in [-0.3, -0.25) is 4.79 Å². The number of benzene rings is 1. The van der Waals surface area contributed by atoms with E-state index in [1.165, 1.54) is 0 Å². The first-order valence-corrected chi connectivity index (χ1v) is 6.10. The third kappa shape index (κ3) is 6.84. The number of amides is 1. The van der Waals surface area contributed by atoms with Gasteiger partial charge in [-0.25, -0.2) is 0 Å². The summed E-state index contributed by atoms with van der Waals surface area (Å²) >= 11 is 0. The average Bonchev–Trinajstić information content (AvgIpc) is 2.41. The monoisotopic (exact) mass is 284 g/mol. The number of hydrogen-bond acceptors (Lipinski definition) is 3. The summed E-state index contributed by atoms with van der Waals surface area (Å²) in [5.41, 5.74) is 0.637. The van der Waals surface area contributed by atoms with Crippen molar-refractivity contribution < 1.29 is 9.53 Å². The van der Waals surface area contributed by atoms with Crippen molar-refractivity contribution in [2.45, 2.75) is 6.92 Å². The van der Waals surface area contributed by atoms with Crippen molar-refractivity contribution in [1.82, 2.24) is 10.6 Å². The highest BCUT2D eigenvalue weighted by Crippen LogP contribution is 2.11. The van der Waals surface area contributed by atoms with Crippen LogP contribution in [0.4, 0.5) is 0 Å². The van der Waals surface area contributed by atoms with Crippen molar-refractivity contribution in [3.63, 3.8) is 0 Å². The Balaban J connectivity index is 0.00000324. The minimum Gasteiger partial charge on any atom is -0.490 e. The second kappa shape index (κ2) is 10.4. The number of hydrogen-bond donors (Lipinski definition) is 2. The van der Waals surface area contributed by atoms with Crippen LogP contribution >= 0.6 is 12.4 Å². The lowest BCUT2D eigenvalue weighted by molar-refractivity contribution is 0.0954. The van der Waals surface area contributed by atoms with Gasteiger partial charge in [0, 0.05) is 18.7 Å². The third-order valence-electron chi connectivity index (χ3n) is 2.32. The summed E-state index contributed by atoms with van der Waals surface area (Å²) in [6, 6.07) is 7.06. The molecule has 1 amide bonds. The highest BCUT2D eigenvalue weighted by molar-refractivity contribution is 5.94. The molecule has 0 radical (unpaired) electrons. The molecule has 0 spiro atoms. The number of rotatable bonds is 8. The average molecular weight is 285 g/mol. The van der Waals surface area contributed by atoms with E-state index < -0.39 is 0 Å². The van der Waals surface area contributed by atoms with Gasteiger partial charge >= 0.3 is 0 Å². The lowest BCUT2D eigenvalue weighted by atomic mass is 10.2. The predicted molar refractivity (Wildman–Crippen MR) is 80.3 cm³/mol. The molecule has 5 heteroatoms. The smallest absolute Gasteiger partial charge is 0.251 e. The Morgan fingerprint density at radius 1 is 1.32 bits per heavy atom. The Labute approximate surface area is 120 Å². The Morgan fingerprint density at radius 3 is 2.58 bits per heavy atom. The Bertz CT molecular complexity index is 380. The second-order valence-corrected chi connectivity index (χ2v) is 3.73. The largest absolute Gasteiger partial charge is 0.490 e. The van der Waals surface area contributed by atoms with Crippen LogP contribution in [0.5, 0.6) is 5.75 Å². The minimum absolute atomic E-state index is 0. The Morgan fingerprint density at radius 2 is 2.00 bits per heavy atom. The summed E-state index contributed by atoms with van der Waals surface area (Å²) in [6.07, 6.45) is 1.68. The van der Waals surface area contributed by atoms with E-state index in [9.17, 15) is 4.79 Å². The molecule has 0 fully saturated rings. The maximum atomic E-state index is 11.7. The summed E-state index contributed by atoms with van der Waals surface area (Å²) in [5, 5.41) is 5.98. The molecular formula is C14H21ClN2O2. The van der Waals surface area contributed by atoms with Gasteiger partial charge in [0.15, 0.2) is 0 Å². The molecule has 0 unspecified atom stereocenters. The van der Waals surface area contributed by atoms with E-state index in [1.54, 1.807) is 30.3 Å². The van der Waals surface area contributed by atoms with Gasteiger partial charge in [0.2, 0.25) is 0 Å². The van der Waals surface area contributed by atoms with Gasteiger partial charge < -0.3 is 15.4 Å². The summed E-state index contributed by atoms with van der Waals surface area (Å²) in [5.74, 6) is 0.669. The molecule has 0 saturated heterocycles. The van der Waals surface area contributed by atoms with Crippen LogP contribution in [0.25, 0.3) is 0 Å². The lowest BCUT2D eigenvalue weighted by Gasteiger charge is -2.07. The molecule has 0 saturated carbocycles. The van der Waals surface area contributed by atoms with Gasteiger partial charge in [0.05, 0.1) is 0 Å². The number of likely N-dealkylation sites (N-methyl/N-ethyl adjacent to an activating group) is 1. The van der Waals surface area contributed by atoms with E-state index in [0.717, 1.165) is 18.8 Å². The highest BCUT2D eigenvalue weighted by atomic mass is 35.5. The molecule has 2 N–H and O–H groups in total. The summed E-state index contributed by atoms with van der Waals surface area (Å²) in [7, 11) is 0. The summed E-state index contributed by atoms with van der Waals surface area (Å²) in [6.45, 7) is 8.39. The van der Waals surface area contributed by atoms with Crippen LogP contribution < -0.4 is 15.4 Å². The molecule has 0 aromatic heterocycles. The maximum absolute atomic E-state index is 11.7. The van der Waals surface area contributed by atoms with Crippen LogP contribution in [0.2, 0.25) is 0 Å². The van der Waals surface area contributed by atoms with Gasteiger partial charge in [-0.05, 0) is 30.8 Å². The van der Waals surface area contributed by atoms with Crippen LogP contribution in [-0.4, -0.2) is 32.1 Å². The van der Waals surface area contributed by atoms with E-state index in [1.807, 2.05) is 6.92 Å². The summed E-state index contributed by atoms with van der Waals surface area (Å²) < 4.78 is 5.34. The molecule has 106 valence electrons. The first-order valence-electron chi connectivity index (χ1n) is 6.10. The number of halogens is 1. The zero-order valence-electron chi connectivity index (χ0n) is 11.1. The number of nitrogens with one attached hydrogen (secondary N) is 2. The number of carbonyl (C=O) groups excluding carboxylic acids is 1. The molecule has 19 heavy (non-hydrogen) atoms. The molecule has 0 atom stereocenters. The van der Waals surface area contributed by atoms with Crippen molar-refractivity contribution in [1.29, 1.82) is 0 Å². The lowest BCUT2D eigenvalue weighted by Crippen LogP contribution is -2.31. The first-order chi connectivity index (χ1) is 8.77. The fourth-order valence-electron chi connectivity index (χ4n) is 1.40. The molecule has 0 aliphatic carbocycles. The van der Waals surface area contributed by atoms with E-state index in [-0.39, 0.29) is 18.3 Å². The first kappa shape index (κ1) is 17.5. The number of carbonyl (C=O) groups is 1. The van der Waals surface area contributed by atoms with Crippen LogP contribution in [0, 0.1) is 0 Å². The standard InChI is InChI=1S/C14H20N2O2.ClH/c1-3-11-18-13-7-5-12(6-8-13)14(17)16-10-9-15-4-2;/h3,5-8,15H,1,4,9-11H2,2H3,(H,16,17);1H. The molecule has 1 rings (SSSR count). The van der Waals surface area contributed by atoms with Gasteiger partial charge in [-0.15, -0.1) is 12.4 Å². The van der Waals surface area contributed by atoms with Crippen LogP contribution in [-0.2, 0) is 0 Å². The van der Waals surface area contributed by atoms with E-state index in [2.05, 4.69) is 17.2 Å².